The van der Waals surface area contributed by atoms with E-state index >= 15 is 0 Å². The smallest absolute Gasteiger partial charge is 0.225 e. The first-order chi connectivity index (χ1) is 18.0. The summed E-state index contributed by atoms with van der Waals surface area (Å²) in [7, 11) is 0. The number of hydrogen-bond donors (Lipinski definition) is 1. The molecule has 0 aliphatic carbocycles. The number of ether oxygens (including phenoxy) is 2. The molecule has 37 heavy (non-hydrogen) atoms. The van der Waals surface area contributed by atoms with Gasteiger partial charge < -0.3 is 25.0 Å². The van der Waals surface area contributed by atoms with E-state index in [2.05, 4.69) is 24.8 Å². The fourth-order valence-electron chi connectivity index (χ4n) is 4.89. The lowest BCUT2D eigenvalue weighted by atomic mass is 9.94. The molecule has 2 aromatic heterocycles. The number of nitrogens with two attached hydrogens (primary N) is 1. The lowest BCUT2D eigenvalue weighted by Gasteiger charge is -2.31. The van der Waals surface area contributed by atoms with E-state index in [0.717, 1.165) is 44.0 Å². The van der Waals surface area contributed by atoms with Gasteiger partial charge >= 0.3 is 0 Å². The van der Waals surface area contributed by atoms with Gasteiger partial charge in [-0.05, 0) is 49.4 Å². The largest absolute Gasteiger partial charge is 0.491 e. The van der Waals surface area contributed by atoms with Crippen molar-refractivity contribution in [1.29, 1.82) is 0 Å². The molecule has 196 valence electrons. The second-order valence-corrected chi connectivity index (χ2v) is 9.45. The molecule has 2 fully saturated rings. The van der Waals surface area contributed by atoms with Crippen LogP contribution in [0.15, 0.2) is 43.0 Å². The minimum atomic E-state index is -0.477. The van der Waals surface area contributed by atoms with Gasteiger partial charge in [0.25, 0.3) is 0 Å². The van der Waals surface area contributed by atoms with Crippen LogP contribution < -0.4 is 25.0 Å². The number of rotatable bonds is 8. The summed E-state index contributed by atoms with van der Waals surface area (Å²) in [4.78, 5) is 21.7. The third-order valence-corrected chi connectivity index (χ3v) is 6.93. The van der Waals surface area contributed by atoms with E-state index in [4.69, 9.17) is 15.2 Å². The average Bonchev–Trinajstić information content (AvgIpc) is 3.31. The summed E-state index contributed by atoms with van der Waals surface area (Å²) >= 11 is 0. The molecule has 0 spiro atoms. The van der Waals surface area contributed by atoms with Gasteiger partial charge in [-0.15, -0.1) is 0 Å². The number of aromatic nitrogens is 4. The van der Waals surface area contributed by atoms with Crippen molar-refractivity contribution < 1.29 is 18.3 Å². The highest BCUT2D eigenvalue weighted by Gasteiger charge is 2.34. The van der Waals surface area contributed by atoms with Crippen molar-refractivity contribution in [3.63, 3.8) is 0 Å². The van der Waals surface area contributed by atoms with Crippen molar-refractivity contribution in [3.05, 3.63) is 60.2 Å². The van der Waals surface area contributed by atoms with Crippen molar-refractivity contribution in [2.75, 3.05) is 49.2 Å². The first-order valence-electron chi connectivity index (χ1n) is 12.6. The summed E-state index contributed by atoms with van der Waals surface area (Å²) in [5.74, 6) is 1.63. The maximum absolute atomic E-state index is 14.3. The third kappa shape index (κ3) is 5.87. The Kier molecular flexibility index (Phi) is 7.59. The SMILES string of the molecule is CCOc1cnc(N2CCC(COc3cnc(N4C[C@H](c5cc(F)ccc5F)[C@@H](N)C4)nc3)CC2)nc1. The monoisotopic (exact) mass is 511 g/mol. The fourth-order valence-corrected chi connectivity index (χ4v) is 4.89. The fraction of sp³-hybridized carbons (Fsp3) is 0.462. The predicted octanol–water partition coefficient (Wildman–Crippen LogP) is 3.17. The number of nitrogens with zero attached hydrogens (tertiary/aromatic N) is 6. The highest BCUT2D eigenvalue weighted by Crippen LogP contribution is 2.31. The standard InChI is InChI=1S/C26H31F2N7O2/c1-2-36-19-10-30-25(31-11-19)34-7-5-17(6-8-34)16-37-20-12-32-26(33-13-20)35-14-22(24(29)15-35)21-9-18(27)3-4-23(21)28/h3-4,9-13,17,22,24H,2,5-8,14-16,29H2,1H3/t22-,24+/m1/s1. The van der Waals surface area contributed by atoms with Crippen LogP contribution in [0.2, 0.25) is 0 Å². The number of halogens is 2. The van der Waals surface area contributed by atoms with Gasteiger partial charge in [0.2, 0.25) is 11.9 Å². The molecule has 5 rings (SSSR count). The Balaban J connectivity index is 1.10. The van der Waals surface area contributed by atoms with Crippen LogP contribution in [0.4, 0.5) is 20.7 Å². The van der Waals surface area contributed by atoms with Crippen LogP contribution in [0, 0.1) is 17.6 Å². The van der Waals surface area contributed by atoms with Crippen molar-refractivity contribution >= 4 is 11.9 Å². The lowest BCUT2D eigenvalue weighted by molar-refractivity contribution is 0.221. The normalized spacial score (nSPS) is 20.3. The Bertz CT molecular complexity index is 1170. The van der Waals surface area contributed by atoms with Gasteiger partial charge in [0.1, 0.15) is 11.6 Å². The Morgan fingerprint density at radius 1 is 0.892 bits per heavy atom. The van der Waals surface area contributed by atoms with E-state index in [1.165, 1.54) is 6.07 Å². The second-order valence-electron chi connectivity index (χ2n) is 9.45. The molecule has 3 aromatic rings. The second kappa shape index (κ2) is 11.2. The van der Waals surface area contributed by atoms with Gasteiger partial charge in [-0.3, -0.25) is 0 Å². The van der Waals surface area contributed by atoms with Crippen molar-refractivity contribution in [2.45, 2.75) is 31.7 Å². The van der Waals surface area contributed by atoms with Crippen LogP contribution in [0.25, 0.3) is 0 Å². The molecule has 0 radical (unpaired) electrons. The number of hydrogen-bond acceptors (Lipinski definition) is 9. The van der Waals surface area contributed by atoms with Crippen LogP contribution in [-0.4, -0.2) is 65.4 Å². The highest BCUT2D eigenvalue weighted by atomic mass is 19.1. The van der Waals surface area contributed by atoms with E-state index in [1.807, 2.05) is 11.8 Å². The van der Waals surface area contributed by atoms with Crippen molar-refractivity contribution in [1.82, 2.24) is 19.9 Å². The lowest BCUT2D eigenvalue weighted by Crippen LogP contribution is -2.36. The van der Waals surface area contributed by atoms with E-state index in [1.54, 1.807) is 24.8 Å². The molecule has 4 heterocycles. The molecular weight excluding hydrogens is 480 g/mol. The van der Waals surface area contributed by atoms with Crippen LogP contribution in [0.1, 0.15) is 31.2 Å². The molecule has 9 nitrogen and oxygen atoms in total. The van der Waals surface area contributed by atoms with Crippen LogP contribution in [0.3, 0.4) is 0 Å². The zero-order chi connectivity index (χ0) is 25.8. The summed E-state index contributed by atoms with van der Waals surface area (Å²) in [5, 5.41) is 0. The first kappa shape index (κ1) is 25.1. The van der Waals surface area contributed by atoms with Gasteiger partial charge in [-0.25, -0.2) is 28.7 Å². The van der Waals surface area contributed by atoms with Gasteiger partial charge in [0.05, 0.1) is 38.0 Å². The van der Waals surface area contributed by atoms with Gasteiger partial charge in [0.15, 0.2) is 11.5 Å². The molecule has 0 bridgehead atoms. The Morgan fingerprint density at radius 3 is 2.16 bits per heavy atom. The van der Waals surface area contributed by atoms with Crippen molar-refractivity contribution in [3.8, 4) is 11.5 Å². The maximum atomic E-state index is 14.3. The van der Waals surface area contributed by atoms with Gasteiger partial charge in [-0.2, -0.15) is 0 Å². The van der Waals surface area contributed by atoms with Crippen LogP contribution >= 0.6 is 0 Å². The zero-order valence-electron chi connectivity index (χ0n) is 20.8. The molecule has 2 saturated heterocycles. The molecule has 2 atom stereocenters. The van der Waals surface area contributed by atoms with E-state index in [0.29, 0.717) is 49.7 Å². The van der Waals surface area contributed by atoms with Crippen LogP contribution in [0.5, 0.6) is 11.5 Å². The molecule has 0 unspecified atom stereocenters. The number of piperidine rings is 1. The molecule has 2 aliphatic heterocycles. The summed E-state index contributed by atoms with van der Waals surface area (Å²) in [5.41, 5.74) is 6.54. The maximum Gasteiger partial charge on any atom is 0.225 e. The Morgan fingerprint density at radius 2 is 1.51 bits per heavy atom. The van der Waals surface area contributed by atoms with E-state index < -0.39 is 11.6 Å². The third-order valence-electron chi connectivity index (χ3n) is 6.93. The van der Waals surface area contributed by atoms with Gasteiger partial charge in [-0.1, -0.05) is 0 Å². The zero-order valence-corrected chi connectivity index (χ0v) is 20.8. The summed E-state index contributed by atoms with van der Waals surface area (Å²) in [6, 6.07) is 3.12. The number of anilines is 2. The highest BCUT2D eigenvalue weighted by molar-refractivity contribution is 5.39. The molecule has 2 N–H and O–H groups in total. The molecular formula is C26H31F2N7O2. The Labute approximate surface area is 214 Å². The minimum Gasteiger partial charge on any atom is -0.491 e. The molecule has 1 aromatic carbocycles. The average molecular weight is 512 g/mol. The molecule has 0 amide bonds. The van der Waals surface area contributed by atoms with Crippen LogP contribution in [-0.2, 0) is 0 Å². The Hall–Kier alpha value is -3.60. The molecule has 0 saturated carbocycles. The quantitative estimate of drug-likeness (QED) is 0.489. The van der Waals surface area contributed by atoms with Crippen molar-refractivity contribution in [2.24, 2.45) is 11.7 Å². The number of benzene rings is 1. The molecule has 11 heteroatoms. The predicted molar refractivity (Wildman–Crippen MR) is 135 cm³/mol. The van der Waals surface area contributed by atoms with E-state index in [9.17, 15) is 8.78 Å². The van der Waals surface area contributed by atoms with E-state index in [-0.39, 0.29) is 17.5 Å². The summed E-state index contributed by atoms with van der Waals surface area (Å²) < 4.78 is 39.3. The first-order valence-corrected chi connectivity index (χ1v) is 12.6. The summed E-state index contributed by atoms with van der Waals surface area (Å²) in [6.07, 6.45) is 8.65. The van der Waals surface area contributed by atoms with Gasteiger partial charge in [0, 0.05) is 38.1 Å². The topological polar surface area (TPSA) is 103 Å². The molecule has 2 aliphatic rings. The summed E-state index contributed by atoms with van der Waals surface area (Å²) in [6.45, 7) is 5.69. The minimum absolute atomic E-state index is 0.287.